The Hall–Kier alpha value is -1.59. The van der Waals surface area contributed by atoms with E-state index >= 15 is 0 Å². The minimum absolute atomic E-state index is 0.456. The molecule has 2 rings (SSSR count). The van der Waals surface area contributed by atoms with Crippen LogP contribution in [-0.2, 0) is 6.54 Å². The quantitative estimate of drug-likeness (QED) is 0.922. The smallest absolute Gasteiger partial charge is 0.127 e. The number of nitrogens with zero attached hydrogens (tertiary/aromatic N) is 1. The van der Waals surface area contributed by atoms with Gasteiger partial charge in [-0.2, -0.15) is 0 Å². The third-order valence-corrected chi connectivity index (χ3v) is 3.88. The Morgan fingerprint density at radius 2 is 2.06 bits per heavy atom. The molecule has 0 aliphatic heterocycles. The molecule has 0 atom stereocenters. The molecule has 0 amide bonds. The van der Waals surface area contributed by atoms with Gasteiger partial charge in [0.2, 0.25) is 0 Å². The predicted molar refractivity (Wildman–Crippen MR) is 73.3 cm³/mol. The lowest BCUT2D eigenvalue weighted by molar-refractivity contribution is 0.404. The molecule has 1 aromatic carbocycles. The summed E-state index contributed by atoms with van der Waals surface area (Å²) in [6.45, 7) is 2.43. The molecule has 0 radical (unpaired) electrons. The lowest BCUT2D eigenvalue weighted by Crippen LogP contribution is -1.94. The van der Waals surface area contributed by atoms with Gasteiger partial charge in [-0.05, 0) is 25.1 Å². The van der Waals surface area contributed by atoms with E-state index in [1.807, 2.05) is 25.1 Å². The van der Waals surface area contributed by atoms with Crippen molar-refractivity contribution < 1.29 is 9.47 Å². The van der Waals surface area contributed by atoms with Gasteiger partial charge in [0.25, 0.3) is 0 Å². The fraction of sp³-hybridized carbons (Fsp3) is 0.308. The molecule has 0 unspecified atom stereocenters. The zero-order chi connectivity index (χ0) is 13.1. The fourth-order valence-corrected chi connectivity index (χ4v) is 2.75. The van der Waals surface area contributed by atoms with Crippen LogP contribution in [0, 0.1) is 6.92 Å². The Morgan fingerprint density at radius 3 is 2.61 bits per heavy atom. The van der Waals surface area contributed by atoms with Gasteiger partial charge in [-0.1, -0.05) is 0 Å². The van der Waals surface area contributed by atoms with Gasteiger partial charge in [0.1, 0.15) is 16.5 Å². The van der Waals surface area contributed by atoms with Crippen molar-refractivity contribution in [2.24, 2.45) is 5.73 Å². The van der Waals surface area contributed by atoms with Gasteiger partial charge in [0, 0.05) is 12.1 Å². The number of nitrogens with two attached hydrogens (primary N) is 1. The Balaban J connectivity index is 2.56. The average Bonchev–Trinajstić information content (AvgIpc) is 2.79. The van der Waals surface area contributed by atoms with Crippen molar-refractivity contribution >= 4 is 11.3 Å². The molecule has 2 N–H and O–H groups in total. The van der Waals surface area contributed by atoms with Gasteiger partial charge >= 0.3 is 0 Å². The van der Waals surface area contributed by atoms with Crippen molar-refractivity contribution in [3.8, 4) is 21.9 Å². The molecule has 0 saturated carbocycles. The number of benzene rings is 1. The molecule has 2 aromatic rings. The summed E-state index contributed by atoms with van der Waals surface area (Å²) in [7, 11) is 3.31. The number of thiazole rings is 1. The highest BCUT2D eigenvalue weighted by molar-refractivity contribution is 7.15. The molecule has 0 saturated heterocycles. The Morgan fingerprint density at radius 1 is 1.28 bits per heavy atom. The minimum Gasteiger partial charge on any atom is -0.497 e. The number of hydrogen-bond donors (Lipinski definition) is 1. The van der Waals surface area contributed by atoms with Crippen LogP contribution in [0.1, 0.15) is 10.7 Å². The third-order valence-electron chi connectivity index (χ3n) is 2.67. The van der Waals surface area contributed by atoms with Crippen molar-refractivity contribution in [3.05, 3.63) is 28.9 Å². The van der Waals surface area contributed by atoms with Crippen LogP contribution in [0.2, 0.25) is 0 Å². The van der Waals surface area contributed by atoms with Crippen molar-refractivity contribution in [3.63, 3.8) is 0 Å². The molecule has 1 aromatic heterocycles. The van der Waals surface area contributed by atoms with Crippen LogP contribution in [0.15, 0.2) is 18.2 Å². The first-order valence-corrected chi connectivity index (χ1v) is 6.40. The van der Waals surface area contributed by atoms with Gasteiger partial charge in [0.15, 0.2) is 0 Å². The van der Waals surface area contributed by atoms with Crippen LogP contribution >= 0.6 is 11.3 Å². The number of hydrogen-bond acceptors (Lipinski definition) is 5. The lowest BCUT2D eigenvalue weighted by Gasteiger charge is -2.09. The van der Waals surface area contributed by atoms with Crippen molar-refractivity contribution in [2.45, 2.75) is 13.5 Å². The summed E-state index contributed by atoms with van der Waals surface area (Å²) in [5, 5.41) is 0.923. The van der Waals surface area contributed by atoms with Gasteiger partial charge in [-0.15, -0.1) is 11.3 Å². The maximum absolute atomic E-state index is 5.63. The first-order valence-electron chi connectivity index (χ1n) is 5.58. The Kier molecular flexibility index (Phi) is 3.84. The van der Waals surface area contributed by atoms with Crippen molar-refractivity contribution in [1.82, 2.24) is 4.98 Å². The monoisotopic (exact) mass is 264 g/mol. The van der Waals surface area contributed by atoms with Crippen LogP contribution in [0.3, 0.4) is 0 Å². The highest BCUT2D eigenvalue weighted by atomic mass is 32.1. The summed E-state index contributed by atoms with van der Waals surface area (Å²) >= 11 is 1.59. The van der Waals surface area contributed by atoms with Crippen LogP contribution < -0.4 is 15.2 Å². The topological polar surface area (TPSA) is 57.4 Å². The number of aryl methyl sites for hydroxylation is 1. The summed E-state index contributed by atoms with van der Waals surface area (Å²) in [6, 6.07) is 5.73. The minimum atomic E-state index is 0.456. The summed E-state index contributed by atoms with van der Waals surface area (Å²) in [5.74, 6) is 1.61. The molecule has 0 aliphatic carbocycles. The van der Waals surface area contributed by atoms with E-state index in [0.717, 1.165) is 32.6 Å². The second-order valence-electron chi connectivity index (χ2n) is 3.79. The predicted octanol–water partition coefficient (Wildman–Crippen LogP) is 2.59. The number of ether oxygens (including phenoxy) is 2. The van der Waals surface area contributed by atoms with Gasteiger partial charge < -0.3 is 15.2 Å². The number of methoxy groups -OCH3 is 2. The normalized spacial score (nSPS) is 10.4. The summed E-state index contributed by atoms with van der Waals surface area (Å²) in [4.78, 5) is 5.51. The van der Waals surface area contributed by atoms with Crippen molar-refractivity contribution in [1.29, 1.82) is 0 Å². The highest BCUT2D eigenvalue weighted by Crippen LogP contribution is 2.38. The van der Waals surface area contributed by atoms with Crippen molar-refractivity contribution in [2.75, 3.05) is 14.2 Å². The summed E-state index contributed by atoms with van der Waals surface area (Å²) in [5.41, 5.74) is 7.59. The maximum atomic E-state index is 5.63. The van der Waals surface area contributed by atoms with Gasteiger partial charge in [-0.3, -0.25) is 0 Å². The largest absolute Gasteiger partial charge is 0.497 e. The van der Waals surface area contributed by atoms with Crippen LogP contribution in [-0.4, -0.2) is 19.2 Å². The molecule has 5 heteroatoms. The van der Waals surface area contributed by atoms with E-state index in [-0.39, 0.29) is 0 Å². The van der Waals surface area contributed by atoms with Crippen LogP contribution in [0.25, 0.3) is 10.4 Å². The number of rotatable bonds is 4. The van der Waals surface area contributed by atoms with E-state index in [2.05, 4.69) is 4.98 Å². The molecule has 18 heavy (non-hydrogen) atoms. The molecular weight excluding hydrogens is 248 g/mol. The molecule has 4 nitrogen and oxygen atoms in total. The molecule has 0 spiro atoms. The molecule has 96 valence electrons. The van der Waals surface area contributed by atoms with Crippen LogP contribution in [0.5, 0.6) is 11.5 Å². The maximum Gasteiger partial charge on any atom is 0.127 e. The highest BCUT2D eigenvalue weighted by Gasteiger charge is 2.14. The Bertz CT molecular complexity index is 552. The molecule has 0 bridgehead atoms. The standard InChI is InChI=1S/C13H16N2O2S/c1-8-13(18-12(7-14)15-8)10-6-9(16-2)4-5-11(10)17-3/h4-6H,7,14H2,1-3H3. The second-order valence-corrected chi connectivity index (χ2v) is 4.88. The number of aromatic nitrogens is 1. The van der Waals surface area contributed by atoms with Gasteiger partial charge in [-0.25, -0.2) is 4.98 Å². The summed E-state index contributed by atoms with van der Waals surface area (Å²) in [6.07, 6.45) is 0. The Labute approximate surface area is 110 Å². The molecule has 0 aliphatic rings. The molecule has 1 heterocycles. The molecule has 0 fully saturated rings. The summed E-state index contributed by atoms with van der Waals surface area (Å²) < 4.78 is 10.6. The van der Waals surface area contributed by atoms with Crippen LogP contribution in [0.4, 0.5) is 0 Å². The SMILES string of the molecule is COc1ccc(OC)c(-c2sc(CN)nc2C)c1. The van der Waals surface area contributed by atoms with E-state index in [0.29, 0.717) is 6.54 Å². The van der Waals surface area contributed by atoms with Gasteiger partial charge in [0.05, 0.1) is 24.8 Å². The zero-order valence-electron chi connectivity index (χ0n) is 10.7. The zero-order valence-corrected chi connectivity index (χ0v) is 11.5. The average molecular weight is 264 g/mol. The third kappa shape index (κ3) is 2.32. The van der Waals surface area contributed by atoms with E-state index < -0.39 is 0 Å². The fourth-order valence-electron chi connectivity index (χ4n) is 1.78. The van der Waals surface area contributed by atoms with E-state index in [4.69, 9.17) is 15.2 Å². The van der Waals surface area contributed by atoms with E-state index in [1.165, 1.54) is 0 Å². The molecular formula is C13H16N2O2S. The first-order chi connectivity index (χ1) is 8.69. The second kappa shape index (κ2) is 5.37. The lowest BCUT2D eigenvalue weighted by atomic mass is 10.1. The van der Waals surface area contributed by atoms with E-state index in [1.54, 1.807) is 25.6 Å². The first kappa shape index (κ1) is 12.9. The van der Waals surface area contributed by atoms with E-state index in [9.17, 15) is 0 Å².